The fourth-order valence-corrected chi connectivity index (χ4v) is 4.12. The summed E-state index contributed by atoms with van der Waals surface area (Å²) in [7, 11) is 0. The molecule has 1 aliphatic rings. The van der Waals surface area contributed by atoms with Gasteiger partial charge in [-0.25, -0.2) is 4.99 Å². The molecule has 1 heterocycles. The highest BCUT2D eigenvalue weighted by Gasteiger charge is 2.41. The SMILES string of the molecule is CCCCCCCCC1(CCCCCCCC)N=C(c2ccccc2)C=[N+]1[O-]. The minimum absolute atomic E-state index is 0.569. The van der Waals surface area contributed by atoms with Crippen LogP contribution in [0, 0.1) is 5.21 Å². The zero-order chi connectivity index (χ0) is 20.1. The van der Waals surface area contributed by atoms with E-state index in [4.69, 9.17) is 4.99 Å². The third kappa shape index (κ3) is 7.07. The minimum Gasteiger partial charge on any atom is -0.622 e. The van der Waals surface area contributed by atoms with E-state index < -0.39 is 5.66 Å². The Morgan fingerprint density at radius 1 is 0.750 bits per heavy atom. The van der Waals surface area contributed by atoms with Gasteiger partial charge in [-0.15, -0.1) is 0 Å². The quantitative estimate of drug-likeness (QED) is 0.178. The van der Waals surface area contributed by atoms with Crippen LogP contribution in [0.1, 0.15) is 109 Å². The third-order valence-electron chi connectivity index (χ3n) is 5.91. The van der Waals surface area contributed by atoms with Crippen LogP contribution in [0.3, 0.4) is 0 Å². The lowest BCUT2D eigenvalue weighted by Crippen LogP contribution is -2.35. The molecular formula is C25H40N2O. The van der Waals surface area contributed by atoms with Crippen molar-refractivity contribution >= 4 is 11.9 Å². The number of hydrogen-bond donors (Lipinski definition) is 0. The van der Waals surface area contributed by atoms with Gasteiger partial charge in [0.2, 0.25) is 6.21 Å². The van der Waals surface area contributed by atoms with E-state index in [1.54, 1.807) is 6.21 Å². The molecule has 0 aliphatic carbocycles. The molecule has 0 saturated heterocycles. The molecule has 0 unspecified atom stereocenters. The maximum Gasteiger partial charge on any atom is 0.265 e. The summed E-state index contributed by atoms with van der Waals surface area (Å²) < 4.78 is 1.17. The molecule has 0 N–H and O–H groups in total. The molecule has 28 heavy (non-hydrogen) atoms. The van der Waals surface area contributed by atoms with Gasteiger partial charge < -0.3 is 5.21 Å². The van der Waals surface area contributed by atoms with E-state index in [0.29, 0.717) is 0 Å². The first-order valence-corrected chi connectivity index (χ1v) is 11.7. The van der Waals surface area contributed by atoms with Crippen LogP contribution in [0.15, 0.2) is 35.3 Å². The van der Waals surface area contributed by atoms with Crippen molar-refractivity contribution < 1.29 is 4.74 Å². The zero-order valence-corrected chi connectivity index (χ0v) is 18.2. The van der Waals surface area contributed by atoms with Gasteiger partial charge in [0.25, 0.3) is 5.66 Å². The van der Waals surface area contributed by atoms with E-state index >= 15 is 0 Å². The lowest BCUT2D eigenvalue weighted by molar-refractivity contribution is -0.542. The van der Waals surface area contributed by atoms with E-state index in [-0.39, 0.29) is 0 Å². The molecule has 1 aromatic carbocycles. The Balaban J connectivity index is 1.97. The minimum atomic E-state index is -0.569. The van der Waals surface area contributed by atoms with E-state index in [2.05, 4.69) is 26.0 Å². The van der Waals surface area contributed by atoms with Gasteiger partial charge in [0, 0.05) is 18.4 Å². The van der Waals surface area contributed by atoms with Crippen LogP contribution in [0.5, 0.6) is 0 Å². The van der Waals surface area contributed by atoms with Crippen molar-refractivity contribution in [2.75, 3.05) is 0 Å². The largest absolute Gasteiger partial charge is 0.622 e. The number of unbranched alkanes of at least 4 members (excludes halogenated alkanes) is 10. The second kappa shape index (κ2) is 12.7. The summed E-state index contributed by atoms with van der Waals surface area (Å²) >= 11 is 0. The maximum absolute atomic E-state index is 13.0. The van der Waals surface area contributed by atoms with Crippen LogP contribution in [0.4, 0.5) is 0 Å². The van der Waals surface area contributed by atoms with Gasteiger partial charge in [0.05, 0.1) is 0 Å². The fourth-order valence-electron chi connectivity index (χ4n) is 4.12. The molecular weight excluding hydrogens is 344 g/mol. The van der Waals surface area contributed by atoms with E-state index in [0.717, 1.165) is 37.0 Å². The van der Waals surface area contributed by atoms with Gasteiger partial charge in [0.15, 0.2) is 0 Å². The summed E-state index contributed by atoms with van der Waals surface area (Å²) in [5, 5.41) is 13.0. The molecule has 2 rings (SSSR count). The van der Waals surface area contributed by atoms with Gasteiger partial charge >= 0.3 is 0 Å². The molecule has 0 aromatic heterocycles. The normalized spacial score (nSPS) is 15.5. The Morgan fingerprint density at radius 3 is 1.79 bits per heavy atom. The monoisotopic (exact) mass is 384 g/mol. The van der Waals surface area contributed by atoms with E-state index in [9.17, 15) is 5.21 Å². The topological polar surface area (TPSA) is 38.4 Å². The number of hydroxylamine groups is 1. The van der Waals surface area contributed by atoms with Crippen molar-refractivity contribution in [2.24, 2.45) is 4.99 Å². The smallest absolute Gasteiger partial charge is 0.265 e. The Morgan fingerprint density at radius 2 is 1.25 bits per heavy atom. The average molecular weight is 385 g/mol. The van der Waals surface area contributed by atoms with E-state index in [1.165, 1.54) is 68.9 Å². The number of hydrogen-bond acceptors (Lipinski definition) is 2. The average Bonchev–Trinajstić information content (AvgIpc) is 3.05. The molecule has 3 heteroatoms. The van der Waals surface area contributed by atoms with Gasteiger partial charge in [-0.2, -0.15) is 4.74 Å². The van der Waals surface area contributed by atoms with Crippen molar-refractivity contribution in [3.05, 3.63) is 41.1 Å². The molecule has 0 fully saturated rings. The summed E-state index contributed by atoms with van der Waals surface area (Å²) in [6.45, 7) is 4.50. The van der Waals surface area contributed by atoms with Crippen molar-refractivity contribution in [1.29, 1.82) is 0 Å². The first-order chi connectivity index (χ1) is 13.7. The van der Waals surface area contributed by atoms with Gasteiger partial charge in [0.1, 0.15) is 5.71 Å². The van der Waals surface area contributed by atoms with Crippen LogP contribution < -0.4 is 0 Å². The highest BCUT2D eigenvalue weighted by molar-refractivity contribution is 6.37. The summed E-state index contributed by atoms with van der Waals surface area (Å²) in [5.41, 5.74) is 1.34. The zero-order valence-electron chi connectivity index (χ0n) is 18.2. The highest BCUT2D eigenvalue weighted by Crippen LogP contribution is 2.31. The van der Waals surface area contributed by atoms with Crippen LogP contribution >= 0.6 is 0 Å². The summed E-state index contributed by atoms with van der Waals surface area (Å²) in [5.74, 6) is 0. The van der Waals surface area contributed by atoms with Gasteiger partial charge in [-0.1, -0.05) is 108 Å². The second-order valence-electron chi connectivity index (χ2n) is 8.34. The number of rotatable bonds is 15. The number of aliphatic imine (C=N–C) groups is 1. The van der Waals surface area contributed by atoms with Gasteiger partial charge in [-0.3, -0.25) is 0 Å². The van der Waals surface area contributed by atoms with Crippen molar-refractivity contribution in [3.63, 3.8) is 0 Å². The third-order valence-corrected chi connectivity index (χ3v) is 5.91. The predicted molar refractivity (Wildman–Crippen MR) is 121 cm³/mol. The Bertz CT molecular complexity index is 590. The lowest BCUT2D eigenvalue weighted by Gasteiger charge is -2.25. The summed E-state index contributed by atoms with van der Waals surface area (Å²) in [6, 6.07) is 10.1. The molecule has 156 valence electrons. The Hall–Kier alpha value is -1.64. The van der Waals surface area contributed by atoms with Crippen LogP contribution in [0.25, 0.3) is 0 Å². The molecule has 1 aromatic rings. The molecule has 0 atom stereocenters. The van der Waals surface area contributed by atoms with Crippen molar-refractivity contribution in [3.8, 4) is 0 Å². The first-order valence-electron chi connectivity index (χ1n) is 11.7. The van der Waals surface area contributed by atoms with Crippen molar-refractivity contribution in [1.82, 2.24) is 0 Å². The second-order valence-corrected chi connectivity index (χ2v) is 8.34. The van der Waals surface area contributed by atoms with Gasteiger partial charge in [-0.05, 0) is 12.8 Å². The number of nitrogens with zero attached hydrogens (tertiary/aromatic N) is 2. The lowest BCUT2D eigenvalue weighted by atomic mass is 9.95. The maximum atomic E-state index is 13.0. The van der Waals surface area contributed by atoms with E-state index in [1.807, 2.05) is 18.2 Å². The first kappa shape index (κ1) is 22.6. The standard InChI is InChI=1S/C25H40N2O/c1-3-5-7-9-11-16-20-25(21-17-12-10-8-6-4-2)26-24(22-27(25)28)23-18-14-13-15-19-23/h13-15,18-19,22H,3-12,16-17,20-21H2,1-2H3. The molecule has 3 nitrogen and oxygen atoms in total. The molecule has 1 aliphatic heterocycles. The van der Waals surface area contributed by atoms with Crippen LogP contribution in [-0.4, -0.2) is 22.3 Å². The van der Waals surface area contributed by atoms with Crippen molar-refractivity contribution in [2.45, 2.75) is 109 Å². The Kier molecular flexibility index (Phi) is 10.3. The molecule has 0 radical (unpaired) electrons. The summed E-state index contributed by atoms with van der Waals surface area (Å²) in [6.07, 6.45) is 18.5. The fraction of sp³-hybridized carbons (Fsp3) is 0.680. The summed E-state index contributed by atoms with van der Waals surface area (Å²) in [4.78, 5) is 5.01. The molecule has 0 saturated carbocycles. The molecule has 0 spiro atoms. The van der Waals surface area contributed by atoms with Crippen LogP contribution in [0.2, 0.25) is 0 Å². The molecule has 0 amide bonds. The Labute approximate surface area is 172 Å². The molecule has 0 bridgehead atoms. The predicted octanol–water partition coefficient (Wildman–Crippen LogP) is 7.27. The van der Waals surface area contributed by atoms with Crippen LogP contribution in [-0.2, 0) is 0 Å². The highest BCUT2D eigenvalue weighted by atomic mass is 16.5. The number of benzene rings is 1.